The number of cyclic esters (lactones) is 1. The number of benzene rings is 1. The molecule has 3 saturated heterocycles. The second kappa shape index (κ2) is 14.3. The number of amides is 5. The van der Waals surface area contributed by atoms with Crippen LogP contribution in [0.5, 0.6) is 0 Å². The van der Waals surface area contributed by atoms with Crippen LogP contribution in [0.4, 0.5) is 4.39 Å². The van der Waals surface area contributed by atoms with E-state index >= 15 is 0 Å². The topological polar surface area (TPSA) is 192 Å². The summed E-state index contributed by atoms with van der Waals surface area (Å²) < 4.78 is 19.7. The molecule has 15 heteroatoms. The lowest BCUT2D eigenvalue weighted by atomic mass is 10.0. The fraction of sp³-hybridized carbons (Fsp3) is 0.625. The van der Waals surface area contributed by atoms with Crippen molar-refractivity contribution in [3.8, 4) is 0 Å². The molecule has 3 heterocycles. The van der Waals surface area contributed by atoms with Crippen LogP contribution in [0.1, 0.15) is 51.7 Å². The van der Waals surface area contributed by atoms with Crippen molar-refractivity contribution < 1.29 is 43.0 Å². The first-order chi connectivity index (χ1) is 22.0. The Morgan fingerprint density at radius 1 is 1.02 bits per heavy atom. The van der Waals surface area contributed by atoms with Crippen LogP contribution in [0.3, 0.4) is 0 Å². The highest BCUT2D eigenvalue weighted by Gasteiger charge is 2.47. The first-order valence-corrected chi connectivity index (χ1v) is 15.9. The van der Waals surface area contributed by atoms with Crippen LogP contribution in [0.2, 0.25) is 0 Å². The van der Waals surface area contributed by atoms with Crippen molar-refractivity contribution in [3.63, 3.8) is 0 Å². The number of aliphatic hydroxyl groups is 1. The van der Waals surface area contributed by atoms with E-state index in [1.807, 2.05) is 6.92 Å². The zero-order chi connectivity index (χ0) is 34.9. The van der Waals surface area contributed by atoms with Gasteiger partial charge in [0.05, 0.1) is 12.1 Å². The third-order valence-corrected chi connectivity index (χ3v) is 9.18. The number of aliphatic hydroxyl groups excluding tert-OH is 1. The number of hydrogen-bond acceptors (Lipinski definition) is 9. The van der Waals surface area contributed by atoms with Gasteiger partial charge in [-0.15, -0.1) is 0 Å². The van der Waals surface area contributed by atoms with Crippen LogP contribution in [-0.2, 0) is 39.9 Å². The van der Waals surface area contributed by atoms with Crippen molar-refractivity contribution >= 4 is 35.5 Å². The smallest absolute Gasteiger partial charge is 0.329 e. The Morgan fingerprint density at radius 3 is 2.34 bits per heavy atom. The number of carbonyl (C=O) groups excluding carboxylic acids is 6. The minimum absolute atomic E-state index is 0.0665. The lowest BCUT2D eigenvalue weighted by molar-refractivity contribution is -0.162. The van der Waals surface area contributed by atoms with Crippen molar-refractivity contribution in [2.75, 3.05) is 20.1 Å². The summed E-state index contributed by atoms with van der Waals surface area (Å²) in [5.74, 6) is -4.79. The standard InChI is InChI=1S/C32H45FN6O8/c1-15-7-20(10-21(33)8-15)11-23(34)28(42)36-26-19(5)47-32(46)25-9-16(2)13-38(25)29(43)17(3)35-27(41)18(4)37(6)30(44)24-12-22(40)14-39(24)31(26)45/h7-8,10,16-19,22-26,40H,9,11-14,34H2,1-6H3,(H,35,41)(H,36,42)/t16-,17-,18-,19-,22+,23-,24-,25-,26-/m0/s1. The Bertz CT molecular complexity index is 1410. The minimum atomic E-state index is -1.55. The number of likely N-dealkylation sites (N-methyl/N-ethyl adjacent to an activating group) is 1. The van der Waals surface area contributed by atoms with E-state index in [1.165, 1.54) is 44.9 Å². The fourth-order valence-corrected chi connectivity index (χ4v) is 6.48. The van der Waals surface area contributed by atoms with Gasteiger partial charge in [-0.3, -0.25) is 24.0 Å². The minimum Gasteiger partial charge on any atom is -0.458 e. The van der Waals surface area contributed by atoms with Gasteiger partial charge in [0.2, 0.25) is 29.5 Å². The summed E-state index contributed by atoms with van der Waals surface area (Å²) >= 11 is 0. The number of rotatable bonds is 4. The van der Waals surface area contributed by atoms with E-state index in [9.17, 15) is 38.3 Å². The molecule has 1 aromatic rings. The lowest BCUT2D eigenvalue weighted by Gasteiger charge is -2.35. The second-order valence-corrected chi connectivity index (χ2v) is 13.2. The van der Waals surface area contributed by atoms with Crippen molar-refractivity contribution in [1.29, 1.82) is 0 Å². The van der Waals surface area contributed by atoms with Gasteiger partial charge >= 0.3 is 5.97 Å². The number of nitrogens with two attached hydrogens (primary N) is 1. The maximum Gasteiger partial charge on any atom is 0.329 e. The Morgan fingerprint density at radius 2 is 1.68 bits per heavy atom. The summed E-state index contributed by atoms with van der Waals surface area (Å²) in [6.07, 6.45) is -2.32. The molecule has 0 radical (unpaired) electrons. The fourth-order valence-electron chi connectivity index (χ4n) is 6.48. The molecule has 0 bridgehead atoms. The molecule has 9 atom stereocenters. The SMILES string of the molecule is Cc1cc(F)cc(C[C@H](N)C(=O)N[C@@H]2C(=O)N3C[C@H](O)C[C@H]3C(=O)N(C)[C@@H](C)C(=O)N[C@@H](C)C(=O)N3C[C@@H](C)C[C@H]3C(=O)O[C@H]2C)c1. The first kappa shape index (κ1) is 35.7. The first-order valence-electron chi connectivity index (χ1n) is 15.9. The Hall–Kier alpha value is -4.11. The Labute approximate surface area is 273 Å². The molecular formula is C32H45FN6O8. The molecule has 5 N–H and O–H groups in total. The molecule has 4 rings (SSSR count). The molecule has 47 heavy (non-hydrogen) atoms. The van der Waals surface area contributed by atoms with Crippen molar-refractivity contribution in [3.05, 3.63) is 35.1 Å². The van der Waals surface area contributed by atoms with E-state index in [0.29, 0.717) is 11.1 Å². The van der Waals surface area contributed by atoms with Crippen LogP contribution in [-0.4, -0.2) is 124 Å². The number of nitrogens with zero attached hydrogens (tertiary/aromatic N) is 3. The lowest BCUT2D eigenvalue weighted by Crippen LogP contribution is -2.61. The summed E-state index contributed by atoms with van der Waals surface area (Å²) in [4.78, 5) is 85.0. The van der Waals surface area contributed by atoms with E-state index in [1.54, 1.807) is 13.0 Å². The number of carbonyl (C=O) groups is 6. The van der Waals surface area contributed by atoms with E-state index in [-0.39, 0.29) is 38.3 Å². The molecule has 0 aromatic heterocycles. The molecule has 0 spiro atoms. The van der Waals surface area contributed by atoms with Gasteiger partial charge in [-0.25, -0.2) is 9.18 Å². The molecule has 1 aromatic carbocycles. The quantitative estimate of drug-likeness (QED) is 0.293. The summed E-state index contributed by atoms with van der Waals surface area (Å²) in [6.45, 7) is 7.87. The van der Waals surface area contributed by atoms with Crippen LogP contribution < -0.4 is 16.4 Å². The number of aryl methyl sites for hydroxylation is 1. The third-order valence-electron chi connectivity index (χ3n) is 9.18. The van der Waals surface area contributed by atoms with Gasteiger partial charge in [0, 0.05) is 26.6 Å². The van der Waals surface area contributed by atoms with Crippen molar-refractivity contribution in [2.24, 2.45) is 11.7 Å². The molecule has 0 unspecified atom stereocenters. The van der Waals surface area contributed by atoms with E-state index in [4.69, 9.17) is 10.5 Å². The summed E-state index contributed by atoms with van der Waals surface area (Å²) in [7, 11) is 1.38. The van der Waals surface area contributed by atoms with E-state index < -0.39 is 89.8 Å². The summed E-state index contributed by atoms with van der Waals surface area (Å²) in [6, 6.07) is -2.83. The largest absolute Gasteiger partial charge is 0.458 e. The van der Waals surface area contributed by atoms with Crippen LogP contribution in [0.15, 0.2) is 18.2 Å². The van der Waals surface area contributed by atoms with Gasteiger partial charge in [-0.05, 0) is 69.7 Å². The maximum absolute atomic E-state index is 14.2. The highest BCUT2D eigenvalue weighted by molar-refractivity contribution is 5.97. The number of esters is 1. The van der Waals surface area contributed by atoms with Crippen LogP contribution >= 0.6 is 0 Å². The zero-order valence-electron chi connectivity index (χ0n) is 27.6. The summed E-state index contributed by atoms with van der Waals surface area (Å²) in [5.41, 5.74) is 7.27. The Balaban J connectivity index is 1.69. The number of nitrogens with one attached hydrogen (secondary N) is 2. The zero-order valence-corrected chi connectivity index (χ0v) is 27.6. The highest BCUT2D eigenvalue weighted by atomic mass is 19.1. The third kappa shape index (κ3) is 7.89. The Kier molecular flexibility index (Phi) is 10.9. The molecule has 3 aliphatic rings. The second-order valence-electron chi connectivity index (χ2n) is 13.2. The molecule has 0 aliphatic carbocycles. The number of hydrogen-bond donors (Lipinski definition) is 4. The molecular weight excluding hydrogens is 615 g/mol. The number of ether oxygens (including phenoxy) is 1. The van der Waals surface area contributed by atoms with E-state index in [0.717, 1.165) is 9.80 Å². The van der Waals surface area contributed by atoms with Crippen molar-refractivity contribution in [2.45, 2.75) is 102 Å². The highest BCUT2D eigenvalue weighted by Crippen LogP contribution is 2.27. The predicted molar refractivity (Wildman–Crippen MR) is 166 cm³/mol. The van der Waals surface area contributed by atoms with Crippen molar-refractivity contribution in [1.82, 2.24) is 25.3 Å². The molecule has 258 valence electrons. The molecule has 5 amide bonds. The molecule has 3 aliphatic heterocycles. The number of halogens is 1. The van der Waals surface area contributed by atoms with Gasteiger partial charge in [-0.2, -0.15) is 0 Å². The van der Waals surface area contributed by atoms with Gasteiger partial charge in [0.15, 0.2) is 0 Å². The van der Waals surface area contributed by atoms with Crippen LogP contribution in [0.25, 0.3) is 0 Å². The van der Waals surface area contributed by atoms with Crippen LogP contribution in [0, 0.1) is 18.7 Å². The molecule has 0 saturated carbocycles. The average molecular weight is 661 g/mol. The normalized spacial score (nSPS) is 31.7. The molecule has 14 nitrogen and oxygen atoms in total. The number of fused-ring (bicyclic) bond motifs is 2. The average Bonchev–Trinajstić information content (AvgIpc) is 3.59. The predicted octanol–water partition coefficient (Wildman–Crippen LogP) is -1.02. The van der Waals surface area contributed by atoms with Gasteiger partial charge < -0.3 is 40.9 Å². The summed E-state index contributed by atoms with van der Waals surface area (Å²) in [5, 5.41) is 15.7. The molecule has 3 fully saturated rings. The van der Waals surface area contributed by atoms with Gasteiger partial charge in [0.25, 0.3) is 0 Å². The van der Waals surface area contributed by atoms with Gasteiger partial charge in [0.1, 0.15) is 42.1 Å². The van der Waals surface area contributed by atoms with Gasteiger partial charge in [-0.1, -0.05) is 13.0 Å². The monoisotopic (exact) mass is 660 g/mol. The maximum atomic E-state index is 14.2. The van der Waals surface area contributed by atoms with E-state index in [2.05, 4.69) is 10.6 Å².